The highest BCUT2D eigenvalue weighted by Crippen LogP contribution is 2.27. The molecule has 0 bridgehead atoms. The lowest BCUT2D eigenvalue weighted by molar-refractivity contribution is -0.141. The van der Waals surface area contributed by atoms with Crippen LogP contribution in [0.5, 0.6) is 0 Å². The average molecular weight is 364 g/mol. The second kappa shape index (κ2) is 8.30. The quantitative estimate of drug-likeness (QED) is 0.761. The van der Waals surface area contributed by atoms with Gasteiger partial charge < -0.3 is 10.0 Å². The number of thiazole rings is 1. The number of thioether (sulfide) groups is 1. The van der Waals surface area contributed by atoms with E-state index >= 15 is 0 Å². The zero-order chi connectivity index (χ0) is 17.7. The number of hydrogen-bond donors (Lipinski definition) is 1. The van der Waals surface area contributed by atoms with Gasteiger partial charge in [-0.3, -0.25) is 9.59 Å². The lowest BCUT2D eigenvalue weighted by Crippen LogP contribution is -2.33. The van der Waals surface area contributed by atoms with Crippen molar-refractivity contribution in [3.63, 3.8) is 0 Å². The number of carboxylic acids is 1. The van der Waals surface area contributed by atoms with E-state index in [1.54, 1.807) is 43.1 Å². The fourth-order valence-corrected chi connectivity index (χ4v) is 3.83. The molecule has 7 heteroatoms. The Morgan fingerprint density at radius 3 is 2.71 bits per heavy atom. The molecule has 0 unspecified atom stereocenters. The summed E-state index contributed by atoms with van der Waals surface area (Å²) in [5.41, 5.74) is 1.59. The third-order valence-electron chi connectivity index (χ3n) is 3.48. The van der Waals surface area contributed by atoms with E-state index in [1.165, 1.54) is 4.90 Å². The van der Waals surface area contributed by atoms with E-state index in [0.29, 0.717) is 11.3 Å². The Kier molecular flexibility index (Phi) is 6.39. The lowest BCUT2D eigenvalue weighted by Gasteiger charge is -2.20. The molecule has 5 nitrogen and oxygen atoms in total. The summed E-state index contributed by atoms with van der Waals surface area (Å²) in [6.45, 7) is 3.74. The summed E-state index contributed by atoms with van der Waals surface area (Å²) >= 11 is 3.17. The van der Waals surface area contributed by atoms with Crippen LogP contribution < -0.4 is 0 Å². The zero-order valence-electron chi connectivity index (χ0n) is 13.9. The maximum Gasteiger partial charge on any atom is 0.308 e. The highest BCUT2D eigenvalue weighted by molar-refractivity contribution is 7.98. The SMILES string of the molecule is Cc1nc(CSc2ccccc2C(=O)N(C)C[C@H](C)C(=O)O)cs1. The van der Waals surface area contributed by atoms with Crippen LogP contribution in [0.2, 0.25) is 0 Å². The fraction of sp³-hybridized carbons (Fsp3) is 0.353. The van der Waals surface area contributed by atoms with Crippen LogP contribution >= 0.6 is 23.1 Å². The topological polar surface area (TPSA) is 70.5 Å². The van der Waals surface area contributed by atoms with Crippen molar-refractivity contribution in [3.05, 3.63) is 45.9 Å². The number of hydrogen-bond acceptors (Lipinski definition) is 5. The van der Waals surface area contributed by atoms with Crippen molar-refractivity contribution in [2.45, 2.75) is 24.5 Å². The van der Waals surface area contributed by atoms with E-state index in [0.717, 1.165) is 15.6 Å². The summed E-state index contributed by atoms with van der Waals surface area (Å²) < 4.78 is 0. The normalized spacial score (nSPS) is 12.0. The number of carbonyl (C=O) groups excluding carboxylic acids is 1. The summed E-state index contributed by atoms with van der Waals surface area (Å²) in [4.78, 5) is 30.4. The highest BCUT2D eigenvalue weighted by Gasteiger charge is 2.20. The van der Waals surface area contributed by atoms with Crippen LogP contribution in [0.4, 0.5) is 0 Å². The molecule has 128 valence electrons. The van der Waals surface area contributed by atoms with Crippen LogP contribution in [0.3, 0.4) is 0 Å². The van der Waals surface area contributed by atoms with E-state index < -0.39 is 11.9 Å². The predicted octanol–water partition coefficient (Wildman–Crippen LogP) is 3.54. The van der Waals surface area contributed by atoms with E-state index in [4.69, 9.17) is 5.11 Å². The number of aryl methyl sites for hydroxylation is 1. The van der Waals surface area contributed by atoms with Gasteiger partial charge in [0.15, 0.2) is 0 Å². The number of nitrogens with zero attached hydrogens (tertiary/aromatic N) is 2. The van der Waals surface area contributed by atoms with Crippen molar-refractivity contribution < 1.29 is 14.7 Å². The van der Waals surface area contributed by atoms with E-state index in [9.17, 15) is 9.59 Å². The van der Waals surface area contributed by atoms with E-state index in [-0.39, 0.29) is 12.5 Å². The first-order chi connectivity index (χ1) is 11.4. The number of aromatic nitrogens is 1. The second-order valence-electron chi connectivity index (χ2n) is 5.57. The predicted molar refractivity (Wildman–Crippen MR) is 96.6 cm³/mol. The Hall–Kier alpha value is -1.86. The molecule has 0 radical (unpaired) electrons. The third-order valence-corrected chi connectivity index (χ3v) is 5.41. The van der Waals surface area contributed by atoms with Crippen LogP contribution in [-0.2, 0) is 10.5 Å². The Labute approximate surface area is 149 Å². The van der Waals surface area contributed by atoms with Gasteiger partial charge in [-0.15, -0.1) is 23.1 Å². The minimum Gasteiger partial charge on any atom is -0.481 e. The summed E-state index contributed by atoms with van der Waals surface area (Å²) in [5.74, 6) is -0.974. The van der Waals surface area contributed by atoms with Gasteiger partial charge in [0.1, 0.15) is 0 Å². The van der Waals surface area contributed by atoms with Gasteiger partial charge in [-0.05, 0) is 19.1 Å². The molecule has 0 spiro atoms. The largest absolute Gasteiger partial charge is 0.481 e. The molecule has 0 saturated heterocycles. The molecule has 1 aromatic heterocycles. The van der Waals surface area contributed by atoms with Gasteiger partial charge in [-0.25, -0.2) is 4.98 Å². The van der Waals surface area contributed by atoms with Crippen molar-refractivity contribution in [1.29, 1.82) is 0 Å². The van der Waals surface area contributed by atoms with E-state index in [2.05, 4.69) is 4.98 Å². The van der Waals surface area contributed by atoms with Crippen molar-refractivity contribution in [2.24, 2.45) is 5.92 Å². The number of benzene rings is 1. The molecule has 24 heavy (non-hydrogen) atoms. The summed E-state index contributed by atoms with van der Waals surface area (Å²) in [6.07, 6.45) is 0. The first-order valence-corrected chi connectivity index (χ1v) is 9.36. The summed E-state index contributed by atoms with van der Waals surface area (Å²) in [5, 5.41) is 12.0. The maximum absolute atomic E-state index is 12.6. The molecule has 2 aromatic rings. The van der Waals surface area contributed by atoms with Gasteiger partial charge >= 0.3 is 5.97 Å². The van der Waals surface area contributed by atoms with Gasteiger partial charge in [-0.1, -0.05) is 19.1 Å². The lowest BCUT2D eigenvalue weighted by atomic mass is 10.1. The molecular weight excluding hydrogens is 344 g/mol. The van der Waals surface area contributed by atoms with Crippen molar-refractivity contribution in [2.75, 3.05) is 13.6 Å². The van der Waals surface area contributed by atoms with Gasteiger partial charge in [0, 0.05) is 29.6 Å². The molecule has 1 atom stereocenters. The Balaban J connectivity index is 2.09. The van der Waals surface area contributed by atoms with Crippen molar-refractivity contribution >= 4 is 35.0 Å². The molecule has 1 N–H and O–H groups in total. The second-order valence-corrected chi connectivity index (χ2v) is 7.65. The number of carboxylic acid groups (broad SMARTS) is 1. The first kappa shape index (κ1) is 18.5. The molecule has 0 saturated carbocycles. The average Bonchev–Trinajstić information content (AvgIpc) is 2.97. The number of carbonyl (C=O) groups is 2. The molecule has 2 rings (SSSR count). The monoisotopic (exact) mass is 364 g/mol. The third kappa shape index (κ3) is 4.82. The van der Waals surface area contributed by atoms with Crippen LogP contribution in [0.25, 0.3) is 0 Å². The van der Waals surface area contributed by atoms with E-state index in [1.807, 2.05) is 30.5 Å². The summed E-state index contributed by atoms with van der Waals surface area (Å²) in [7, 11) is 1.63. The smallest absolute Gasteiger partial charge is 0.308 e. The summed E-state index contributed by atoms with van der Waals surface area (Å²) in [6, 6.07) is 7.40. The van der Waals surface area contributed by atoms with Crippen molar-refractivity contribution in [1.82, 2.24) is 9.88 Å². The molecule has 0 aliphatic heterocycles. The molecule has 0 aliphatic carbocycles. The minimum atomic E-state index is -0.906. The van der Waals surface area contributed by atoms with Crippen LogP contribution in [0, 0.1) is 12.8 Å². The van der Waals surface area contributed by atoms with Crippen molar-refractivity contribution in [3.8, 4) is 0 Å². The number of rotatable bonds is 7. The molecule has 0 aliphatic rings. The molecule has 1 heterocycles. The molecule has 1 amide bonds. The molecule has 1 aromatic carbocycles. The van der Waals surface area contributed by atoms with Crippen LogP contribution in [0.15, 0.2) is 34.5 Å². The first-order valence-electron chi connectivity index (χ1n) is 7.49. The van der Waals surface area contributed by atoms with Gasteiger partial charge in [0.25, 0.3) is 5.91 Å². The Morgan fingerprint density at radius 2 is 2.08 bits per heavy atom. The zero-order valence-corrected chi connectivity index (χ0v) is 15.5. The fourth-order valence-electron chi connectivity index (χ4n) is 2.17. The Bertz CT molecular complexity index is 730. The number of amides is 1. The minimum absolute atomic E-state index is 0.166. The Morgan fingerprint density at radius 1 is 1.38 bits per heavy atom. The van der Waals surface area contributed by atoms with Crippen LogP contribution in [0.1, 0.15) is 28.0 Å². The standard InChI is InChI=1S/C17H20N2O3S2/c1-11(17(21)22)8-19(3)16(20)14-6-4-5-7-15(14)24-10-13-9-23-12(2)18-13/h4-7,9,11H,8,10H2,1-3H3,(H,21,22)/t11-/m0/s1. The van der Waals surface area contributed by atoms with Gasteiger partial charge in [-0.2, -0.15) is 0 Å². The highest BCUT2D eigenvalue weighted by atomic mass is 32.2. The molecule has 0 fully saturated rings. The number of aliphatic carboxylic acids is 1. The molecular formula is C17H20N2O3S2. The van der Waals surface area contributed by atoms with Gasteiger partial charge in [0.2, 0.25) is 0 Å². The van der Waals surface area contributed by atoms with Crippen LogP contribution in [-0.4, -0.2) is 40.5 Å². The maximum atomic E-state index is 12.6. The van der Waals surface area contributed by atoms with Gasteiger partial charge in [0.05, 0.1) is 22.2 Å².